The second kappa shape index (κ2) is 8.33. The molecule has 0 radical (unpaired) electrons. The summed E-state index contributed by atoms with van der Waals surface area (Å²) in [5.74, 6) is 0.747. The van der Waals surface area contributed by atoms with E-state index in [1.807, 2.05) is 18.2 Å². The summed E-state index contributed by atoms with van der Waals surface area (Å²) in [6, 6.07) is 10.8. The highest BCUT2D eigenvalue weighted by molar-refractivity contribution is 5.88. The minimum absolute atomic E-state index is 0.184. The van der Waals surface area contributed by atoms with Gasteiger partial charge in [0.15, 0.2) is 0 Å². The molecule has 25 heavy (non-hydrogen) atoms. The van der Waals surface area contributed by atoms with Gasteiger partial charge >= 0.3 is 0 Å². The zero-order valence-electron chi connectivity index (χ0n) is 15.7. The van der Waals surface area contributed by atoms with E-state index in [4.69, 9.17) is 4.74 Å². The number of amides is 1. The fraction of sp³-hybridized carbons (Fsp3) is 0.667. The summed E-state index contributed by atoms with van der Waals surface area (Å²) in [6.07, 6.45) is 3.98. The third kappa shape index (κ3) is 4.24. The molecule has 138 valence electrons. The van der Waals surface area contributed by atoms with Crippen LogP contribution in [-0.4, -0.2) is 49.7 Å². The van der Waals surface area contributed by atoms with Gasteiger partial charge in [-0.25, -0.2) is 0 Å². The first-order valence-corrected chi connectivity index (χ1v) is 9.77. The molecule has 1 amide bonds. The second-order valence-electron chi connectivity index (χ2n) is 7.87. The first-order chi connectivity index (χ1) is 12.1. The number of nitrogens with one attached hydrogen (secondary N) is 1. The Balaban J connectivity index is 1.65. The molecule has 4 nitrogen and oxygen atoms in total. The van der Waals surface area contributed by atoms with Crippen molar-refractivity contribution in [1.29, 1.82) is 0 Å². The van der Waals surface area contributed by atoms with Crippen molar-refractivity contribution in [3.63, 3.8) is 0 Å². The molecule has 2 fully saturated rings. The summed E-state index contributed by atoms with van der Waals surface area (Å²) in [4.78, 5) is 15.7. The zero-order chi connectivity index (χ0) is 17.7. The number of rotatable bonds is 5. The lowest BCUT2D eigenvalue weighted by Gasteiger charge is -2.38. The molecule has 0 aliphatic carbocycles. The molecule has 0 aromatic heterocycles. The highest BCUT2D eigenvalue weighted by Crippen LogP contribution is 2.35. The van der Waals surface area contributed by atoms with Gasteiger partial charge in [0.05, 0.1) is 5.41 Å². The Labute approximate surface area is 151 Å². The minimum Gasteiger partial charge on any atom is -0.381 e. The van der Waals surface area contributed by atoms with Crippen LogP contribution in [-0.2, 0) is 14.9 Å². The number of carbonyl (C=O) groups excluding carboxylic acids is 1. The lowest BCUT2D eigenvalue weighted by Crippen LogP contribution is -2.50. The Morgan fingerprint density at radius 3 is 2.68 bits per heavy atom. The van der Waals surface area contributed by atoms with Gasteiger partial charge in [-0.1, -0.05) is 30.3 Å². The molecule has 2 heterocycles. The van der Waals surface area contributed by atoms with Crippen LogP contribution < -0.4 is 5.32 Å². The molecular formula is C21H32N2O2. The molecular weight excluding hydrogens is 312 g/mol. The highest BCUT2D eigenvalue weighted by atomic mass is 16.5. The predicted octanol–water partition coefficient (Wildman–Crippen LogP) is 2.97. The predicted molar refractivity (Wildman–Crippen MR) is 101 cm³/mol. The van der Waals surface area contributed by atoms with E-state index in [0.29, 0.717) is 25.2 Å². The van der Waals surface area contributed by atoms with Crippen LogP contribution in [0.1, 0.15) is 45.1 Å². The van der Waals surface area contributed by atoms with Crippen molar-refractivity contribution < 1.29 is 9.53 Å². The van der Waals surface area contributed by atoms with Gasteiger partial charge in [0.1, 0.15) is 0 Å². The lowest BCUT2D eigenvalue weighted by molar-refractivity contribution is -0.130. The standard InChI is InChI=1S/C21H32N2O2/c1-17(2)23-12-6-7-18(16-23)15-22-20(24)21(10-13-25-14-11-21)19-8-4-3-5-9-19/h3-5,8-9,17-18H,6-7,10-16H2,1-2H3,(H,22,24)/t18-/m0/s1. The maximum Gasteiger partial charge on any atom is 0.230 e. The molecule has 2 saturated heterocycles. The summed E-state index contributed by atoms with van der Waals surface area (Å²) < 4.78 is 5.54. The first kappa shape index (κ1) is 18.4. The fourth-order valence-corrected chi connectivity index (χ4v) is 4.26. The van der Waals surface area contributed by atoms with Crippen LogP contribution >= 0.6 is 0 Å². The molecule has 1 atom stereocenters. The number of carbonyl (C=O) groups is 1. The Morgan fingerprint density at radius 1 is 1.28 bits per heavy atom. The fourth-order valence-electron chi connectivity index (χ4n) is 4.26. The van der Waals surface area contributed by atoms with E-state index in [9.17, 15) is 4.79 Å². The van der Waals surface area contributed by atoms with Gasteiger partial charge in [-0.15, -0.1) is 0 Å². The first-order valence-electron chi connectivity index (χ1n) is 9.77. The van der Waals surface area contributed by atoms with Gasteiger partial charge < -0.3 is 15.0 Å². The number of likely N-dealkylation sites (tertiary alicyclic amines) is 1. The molecule has 0 bridgehead atoms. The monoisotopic (exact) mass is 344 g/mol. The van der Waals surface area contributed by atoms with E-state index < -0.39 is 5.41 Å². The topological polar surface area (TPSA) is 41.6 Å². The normalized spacial score (nSPS) is 24.2. The van der Waals surface area contributed by atoms with Gasteiger partial charge in [0, 0.05) is 32.3 Å². The van der Waals surface area contributed by atoms with Crippen molar-refractivity contribution in [2.75, 3.05) is 32.8 Å². The Morgan fingerprint density at radius 2 is 2.00 bits per heavy atom. The molecule has 1 aromatic rings. The Hall–Kier alpha value is -1.39. The summed E-state index contributed by atoms with van der Waals surface area (Å²) in [7, 11) is 0. The van der Waals surface area contributed by atoms with E-state index in [0.717, 1.165) is 31.5 Å². The molecule has 1 aromatic carbocycles. The van der Waals surface area contributed by atoms with Crippen LogP contribution in [0.15, 0.2) is 30.3 Å². The summed E-state index contributed by atoms with van der Waals surface area (Å²) in [6.45, 7) is 8.91. The number of piperidine rings is 1. The minimum atomic E-state index is -0.425. The van der Waals surface area contributed by atoms with Crippen molar-refractivity contribution in [2.24, 2.45) is 5.92 Å². The van der Waals surface area contributed by atoms with E-state index in [1.165, 1.54) is 19.4 Å². The summed E-state index contributed by atoms with van der Waals surface area (Å²) in [5, 5.41) is 3.30. The molecule has 2 aliphatic heterocycles. The molecule has 1 N–H and O–H groups in total. The quantitative estimate of drug-likeness (QED) is 0.893. The van der Waals surface area contributed by atoms with Gasteiger partial charge in [-0.2, -0.15) is 0 Å². The average Bonchev–Trinajstić information content (AvgIpc) is 2.67. The van der Waals surface area contributed by atoms with E-state index in [1.54, 1.807) is 0 Å². The van der Waals surface area contributed by atoms with Crippen molar-refractivity contribution in [3.8, 4) is 0 Å². The number of ether oxygens (including phenoxy) is 1. The molecule has 4 heteroatoms. The van der Waals surface area contributed by atoms with Gasteiger partial charge in [0.25, 0.3) is 0 Å². The Kier molecular flexibility index (Phi) is 6.13. The number of benzene rings is 1. The van der Waals surface area contributed by atoms with Crippen molar-refractivity contribution >= 4 is 5.91 Å². The average molecular weight is 344 g/mol. The van der Waals surface area contributed by atoms with E-state index in [-0.39, 0.29) is 5.91 Å². The third-order valence-corrected chi connectivity index (χ3v) is 5.94. The third-order valence-electron chi connectivity index (χ3n) is 5.94. The second-order valence-corrected chi connectivity index (χ2v) is 7.87. The van der Waals surface area contributed by atoms with Crippen LogP contribution in [0.5, 0.6) is 0 Å². The lowest BCUT2D eigenvalue weighted by atomic mass is 9.73. The maximum atomic E-state index is 13.2. The smallest absolute Gasteiger partial charge is 0.230 e. The number of hydrogen-bond donors (Lipinski definition) is 1. The zero-order valence-corrected chi connectivity index (χ0v) is 15.7. The molecule has 0 saturated carbocycles. The summed E-state index contributed by atoms with van der Waals surface area (Å²) >= 11 is 0. The summed E-state index contributed by atoms with van der Waals surface area (Å²) in [5.41, 5.74) is 0.703. The molecule has 0 unspecified atom stereocenters. The van der Waals surface area contributed by atoms with Gasteiger partial charge in [0.2, 0.25) is 5.91 Å². The van der Waals surface area contributed by atoms with Crippen LogP contribution in [0.4, 0.5) is 0 Å². The molecule has 2 aliphatic rings. The van der Waals surface area contributed by atoms with Crippen LogP contribution in [0.25, 0.3) is 0 Å². The van der Waals surface area contributed by atoms with Gasteiger partial charge in [-0.3, -0.25) is 4.79 Å². The van der Waals surface area contributed by atoms with E-state index in [2.05, 4.69) is 36.2 Å². The van der Waals surface area contributed by atoms with Crippen molar-refractivity contribution in [3.05, 3.63) is 35.9 Å². The number of hydrogen-bond acceptors (Lipinski definition) is 3. The molecule has 0 spiro atoms. The van der Waals surface area contributed by atoms with Crippen molar-refractivity contribution in [1.82, 2.24) is 10.2 Å². The van der Waals surface area contributed by atoms with E-state index >= 15 is 0 Å². The highest BCUT2D eigenvalue weighted by Gasteiger charge is 2.41. The van der Waals surface area contributed by atoms with Crippen LogP contribution in [0.3, 0.4) is 0 Å². The van der Waals surface area contributed by atoms with Crippen LogP contribution in [0.2, 0.25) is 0 Å². The maximum absolute atomic E-state index is 13.2. The SMILES string of the molecule is CC(C)N1CCC[C@@H](CNC(=O)C2(c3ccccc3)CCOCC2)C1. The molecule has 3 rings (SSSR count). The largest absolute Gasteiger partial charge is 0.381 e. The van der Waals surface area contributed by atoms with Gasteiger partial charge in [-0.05, 0) is 57.6 Å². The van der Waals surface area contributed by atoms with Crippen molar-refractivity contribution in [2.45, 2.75) is 51.0 Å². The number of nitrogens with zero attached hydrogens (tertiary/aromatic N) is 1. The Bertz CT molecular complexity index is 552. The van der Waals surface area contributed by atoms with Crippen LogP contribution in [0, 0.1) is 5.92 Å².